The van der Waals surface area contributed by atoms with Crippen molar-refractivity contribution in [3.63, 3.8) is 0 Å². The molecule has 0 saturated carbocycles. The minimum absolute atomic E-state index is 0.0254. The molecule has 3 N–H and O–H groups in total. The number of phenols is 1. The summed E-state index contributed by atoms with van der Waals surface area (Å²) in [6.45, 7) is 3.63. The first-order chi connectivity index (χ1) is 16.4. The van der Waals surface area contributed by atoms with Crippen molar-refractivity contribution in [3.8, 4) is 34.2 Å². The van der Waals surface area contributed by atoms with Crippen LogP contribution in [0.5, 0.6) is 5.75 Å². The number of halogens is 1. The number of hydrogen-bond donors (Lipinski definition) is 2. The number of aromatic nitrogens is 2. The second kappa shape index (κ2) is 8.94. The molecule has 6 nitrogen and oxygen atoms in total. The molecule has 1 aromatic heterocycles. The number of aromatic hydroxyl groups is 1. The van der Waals surface area contributed by atoms with E-state index in [4.69, 9.17) is 17.3 Å². The maximum absolute atomic E-state index is 10.7. The van der Waals surface area contributed by atoms with E-state index in [0.717, 1.165) is 64.9 Å². The predicted molar refractivity (Wildman–Crippen MR) is 136 cm³/mol. The number of para-hydroxylation sites is 1. The molecular weight excluding hydrogens is 446 g/mol. The number of piperidine rings is 1. The van der Waals surface area contributed by atoms with E-state index < -0.39 is 0 Å². The van der Waals surface area contributed by atoms with Gasteiger partial charge in [-0.25, -0.2) is 0 Å². The molecule has 3 aromatic carbocycles. The summed E-state index contributed by atoms with van der Waals surface area (Å²) in [7, 11) is 0. The van der Waals surface area contributed by atoms with Gasteiger partial charge in [0.05, 0.1) is 16.8 Å². The van der Waals surface area contributed by atoms with Gasteiger partial charge in [0.1, 0.15) is 17.5 Å². The molecule has 4 aromatic rings. The third-order valence-electron chi connectivity index (χ3n) is 6.37. The number of phenolic OH excluding ortho intramolecular Hbond substituents is 1. The van der Waals surface area contributed by atoms with Crippen molar-refractivity contribution in [1.82, 2.24) is 10.2 Å². The highest BCUT2D eigenvalue weighted by Gasteiger charge is 2.24. The first kappa shape index (κ1) is 22.1. The number of nitrogens with two attached hydrogens (primary N) is 1. The zero-order valence-electron chi connectivity index (χ0n) is 18.8. The fraction of sp³-hybridized carbons (Fsp3) is 0.222. The van der Waals surface area contributed by atoms with E-state index in [1.54, 1.807) is 12.1 Å². The third-order valence-corrected chi connectivity index (χ3v) is 6.59. The lowest BCUT2D eigenvalue weighted by Crippen LogP contribution is -2.40. The maximum atomic E-state index is 10.7. The van der Waals surface area contributed by atoms with Gasteiger partial charge in [-0.2, -0.15) is 5.26 Å². The van der Waals surface area contributed by atoms with Gasteiger partial charge in [-0.15, -0.1) is 10.2 Å². The van der Waals surface area contributed by atoms with Crippen LogP contribution in [0.4, 0.5) is 5.69 Å². The molecule has 2 heterocycles. The molecular formula is C27H24ClN5O. The molecule has 34 heavy (non-hydrogen) atoms. The van der Waals surface area contributed by atoms with Gasteiger partial charge in [-0.05, 0) is 67.3 Å². The number of benzene rings is 3. The molecule has 0 spiro atoms. The SMILES string of the molecule is Cc1cc(Cl)cc(-c2nnc3ccc(-c4cccc(C#N)c4O)cc3c2N2CCC(N)CC2)c1. The van der Waals surface area contributed by atoms with E-state index in [2.05, 4.69) is 21.2 Å². The molecule has 0 radical (unpaired) electrons. The van der Waals surface area contributed by atoms with Crippen molar-refractivity contribution in [2.24, 2.45) is 5.73 Å². The lowest BCUT2D eigenvalue weighted by atomic mass is 9.97. The zero-order chi connectivity index (χ0) is 23.8. The standard InChI is InChI=1S/C27H24ClN5O/c1-16-11-19(13-20(28)12-16)25-26(33-9-7-21(30)8-10-33)23-14-17(5-6-24(23)31-32-25)22-4-2-3-18(15-29)27(22)34/h2-6,11-14,21,34H,7-10,30H2,1H3. The van der Waals surface area contributed by atoms with Gasteiger partial charge in [-0.1, -0.05) is 29.8 Å². The van der Waals surface area contributed by atoms with Gasteiger partial charge < -0.3 is 15.7 Å². The van der Waals surface area contributed by atoms with Gasteiger partial charge in [0, 0.05) is 40.7 Å². The maximum Gasteiger partial charge on any atom is 0.141 e. The normalized spacial score (nSPS) is 14.4. The molecule has 7 heteroatoms. The molecule has 1 aliphatic rings. The summed E-state index contributed by atoms with van der Waals surface area (Å²) < 4.78 is 0. The Hall–Kier alpha value is -3.66. The van der Waals surface area contributed by atoms with E-state index in [1.165, 1.54) is 0 Å². The molecule has 5 rings (SSSR count). The lowest BCUT2D eigenvalue weighted by Gasteiger charge is -2.33. The number of fused-ring (bicyclic) bond motifs is 1. The largest absolute Gasteiger partial charge is 0.506 e. The lowest BCUT2D eigenvalue weighted by molar-refractivity contribution is 0.475. The summed E-state index contributed by atoms with van der Waals surface area (Å²) in [4.78, 5) is 2.32. The average Bonchev–Trinajstić information content (AvgIpc) is 2.83. The van der Waals surface area contributed by atoms with Crippen LogP contribution in [0.3, 0.4) is 0 Å². The van der Waals surface area contributed by atoms with Crippen LogP contribution in [0.15, 0.2) is 54.6 Å². The van der Waals surface area contributed by atoms with Crippen molar-refractivity contribution in [3.05, 3.63) is 70.7 Å². The van der Waals surface area contributed by atoms with Crippen LogP contribution in [0.25, 0.3) is 33.3 Å². The first-order valence-corrected chi connectivity index (χ1v) is 11.6. The minimum Gasteiger partial charge on any atom is -0.506 e. The highest BCUT2D eigenvalue weighted by Crippen LogP contribution is 2.40. The molecule has 0 bridgehead atoms. The van der Waals surface area contributed by atoms with Crippen LogP contribution >= 0.6 is 11.6 Å². The van der Waals surface area contributed by atoms with Crippen LogP contribution in [-0.2, 0) is 0 Å². The van der Waals surface area contributed by atoms with E-state index in [0.29, 0.717) is 10.6 Å². The Morgan fingerprint density at radius 3 is 2.59 bits per heavy atom. The van der Waals surface area contributed by atoms with E-state index >= 15 is 0 Å². The van der Waals surface area contributed by atoms with Crippen LogP contribution in [0, 0.1) is 18.3 Å². The zero-order valence-corrected chi connectivity index (χ0v) is 19.5. The van der Waals surface area contributed by atoms with E-state index in [9.17, 15) is 10.4 Å². The molecule has 0 unspecified atom stereocenters. The smallest absolute Gasteiger partial charge is 0.141 e. The highest BCUT2D eigenvalue weighted by molar-refractivity contribution is 6.31. The van der Waals surface area contributed by atoms with Crippen molar-refractivity contribution < 1.29 is 5.11 Å². The molecule has 0 atom stereocenters. The summed E-state index contributed by atoms with van der Waals surface area (Å²) in [5.74, 6) is -0.0254. The van der Waals surface area contributed by atoms with E-state index in [-0.39, 0.29) is 17.4 Å². The summed E-state index contributed by atoms with van der Waals surface area (Å²) in [6, 6.07) is 19.1. The fourth-order valence-electron chi connectivity index (χ4n) is 4.64. The average molecular weight is 470 g/mol. The number of anilines is 1. The Labute approximate surface area is 203 Å². The predicted octanol–water partition coefficient (Wildman–Crippen LogP) is 5.43. The number of nitrogens with zero attached hydrogens (tertiary/aromatic N) is 4. The number of aryl methyl sites for hydroxylation is 1. The Kier molecular flexibility index (Phi) is 5.82. The number of hydrogen-bond acceptors (Lipinski definition) is 6. The minimum atomic E-state index is -0.0254. The number of rotatable bonds is 3. The van der Waals surface area contributed by atoms with Crippen LogP contribution in [-0.4, -0.2) is 34.4 Å². The van der Waals surface area contributed by atoms with Gasteiger partial charge in [0.15, 0.2) is 0 Å². The Bertz CT molecular complexity index is 1420. The van der Waals surface area contributed by atoms with Crippen LogP contribution in [0.1, 0.15) is 24.0 Å². The summed E-state index contributed by atoms with van der Waals surface area (Å²) in [6.07, 6.45) is 1.78. The molecule has 0 amide bonds. The van der Waals surface area contributed by atoms with Crippen molar-refractivity contribution in [2.45, 2.75) is 25.8 Å². The summed E-state index contributed by atoms with van der Waals surface area (Å²) in [5.41, 5.74) is 12.3. The second-order valence-corrected chi connectivity index (χ2v) is 9.22. The second-order valence-electron chi connectivity index (χ2n) is 8.78. The van der Waals surface area contributed by atoms with Gasteiger partial charge in [-0.3, -0.25) is 0 Å². The highest BCUT2D eigenvalue weighted by atomic mass is 35.5. The summed E-state index contributed by atoms with van der Waals surface area (Å²) >= 11 is 6.39. The van der Waals surface area contributed by atoms with Crippen molar-refractivity contribution >= 4 is 28.2 Å². The molecule has 1 aliphatic heterocycles. The van der Waals surface area contributed by atoms with Crippen LogP contribution in [0.2, 0.25) is 5.02 Å². The fourth-order valence-corrected chi connectivity index (χ4v) is 4.93. The third kappa shape index (κ3) is 4.05. The Morgan fingerprint density at radius 2 is 1.85 bits per heavy atom. The van der Waals surface area contributed by atoms with E-state index in [1.807, 2.05) is 49.4 Å². The molecule has 1 fully saturated rings. The van der Waals surface area contributed by atoms with Crippen LogP contribution < -0.4 is 10.6 Å². The Balaban J connectivity index is 1.76. The molecule has 1 saturated heterocycles. The number of nitriles is 1. The van der Waals surface area contributed by atoms with Gasteiger partial charge in [0.25, 0.3) is 0 Å². The molecule has 170 valence electrons. The van der Waals surface area contributed by atoms with Crippen molar-refractivity contribution in [2.75, 3.05) is 18.0 Å². The topological polar surface area (TPSA) is 99.1 Å². The Morgan fingerprint density at radius 1 is 1.06 bits per heavy atom. The van der Waals surface area contributed by atoms with Gasteiger partial charge in [0.2, 0.25) is 0 Å². The monoisotopic (exact) mass is 469 g/mol. The quantitative estimate of drug-likeness (QED) is 0.415. The van der Waals surface area contributed by atoms with Crippen molar-refractivity contribution in [1.29, 1.82) is 5.26 Å². The summed E-state index contributed by atoms with van der Waals surface area (Å²) in [5, 5.41) is 30.7. The van der Waals surface area contributed by atoms with Gasteiger partial charge >= 0.3 is 0 Å². The molecule has 0 aliphatic carbocycles. The first-order valence-electron chi connectivity index (χ1n) is 11.3.